The Morgan fingerprint density at radius 3 is 0.686 bits per heavy atom. The summed E-state index contributed by atoms with van der Waals surface area (Å²) in [6.07, 6.45) is -71.3. The fourth-order valence-electron chi connectivity index (χ4n) is 11.6. The van der Waals surface area contributed by atoms with E-state index in [4.69, 9.17) is 66.3 Å². The molecule has 1 unspecified atom stereocenters. The van der Waals surface area contributed by atoms with Crippen LogP contribution in [0.4, 0.5) is 0 Å². The van der Waals surface area contributed by atoms with Crippen LogP contribution in [0, 0.1) is 0 Å². The Labute approximate surface area is 487 Å². The lowest BCUT2D eigenvalue weighted by molar-refractivity contribution is -0.396. The van der Waals surface area contributed by atoms with Gasteiger partial charge in [0.25, 0.3) is 0 Å². The lowest BCUT2D eigenvalue weighted by Crippen LogP contribution is -2.68. The van der Waals surface area contributed by atoms with Crippen molar-refractivity contribution < 1.29 is 174 Å². The molecule has 21 heterocycles. The molecule has 1 aromatic carbocycles. The first-order chi connectivity index (χ1) is 41.1. The smallest absolute Gasteiger partial charge is 0.187 e. The minimum absolute atomic E-state index is 0.188. The summed E-state index contributed by atoms with van der Waals surface area (Å²) in [4.78, 5) is 0. The van der Waals surface area contributed by atoms with Crippen LogP contribution >= 0.6 is 0 Å². The van der Waals surface area contributed by atoms with Gasteiger partial charge < -0.3 is 179 Å². The maximum atomic E-state index is 11.8. The first-order valence-corrected chi connectivity index (χ1v) is 27.9. The molecule has 0 amide bonds. The largest absolute Gasteiger partial charge is 0.394 e. The normalized spacial score (nSPS) is 51.2. The second-order valence-electron chi connectivity index (χ2n) is 22.1. The van der Waals surface area contributed by atoms with Crippen LogP contribution < -0.4 is 5.32 Å². The third kappa shape index (κ3) is 13.9. The average Bonchev–Trinajstić information content (AvgIpc) is 1.28. The molecule has 0 aromatic heterocycles. The Balaban J connectivity index is 1.01. The van der Waals surface area contributed by atoms with E-state index in [9.17, 15) is 107 Å². The van der Waals surface area contributed by atoms with E-state index in [1.165, 1.54) is 0 Å². The summed E-state index contributed by atoms with van der Waals surface area (Å²) in [5.74, 6) is 0. The van der Waals surface area contributed by atoms with Gasteiger partial charge in [0.2, 0.25) is 0 Å². The van der Waals surface area contributed by atoms with Crippen molar-refractivity contribution in [3.63, 3.8) is 0 Å². The van der Waals surface area contributed by atoms with Gasteiger partial charge in [0.05, 0.1) is 45.7 Å². The molecule has 14 bridgehead atoms. The molecular formula is C50H79NO35. The van der Waals surface area contributed by atoms with Crippen molar-refractivity contribution in [1.29, 1.82) is 0 Å². The Kier molecular flexibility index (Phi) is 23.5. The number of nitrogens with one attached hydrogen (secondary N) is 1. The third-order valence-electron chi connectivity index (χ3n) is 16.5. The fourth-order valence-corrected chi connectivity index (χ4v) is 11.6. The van der Waals surface area contributed by atoms with Crippen LogP contribution in [0.5, 0.6) is 0 Å². The van der Waals surface area contributed by atoms with Crippen molar-refractivity contribution >= 4 is 0 Å². The van der Waals surface area contributed by atoms with Crippen LogP contribution in [0.2, 0.25) is 0 Å². The molecule has 22 rings (SSSR count). The van der Waals surface area contributed by atoms with Crippen LogP contribution in [0.25, 0.3) is 0 Å². The van der Waals surface area contributed by atoms with Crippen molar-refractivity contribution in [2.45, 2.75) is 221 Å². The summed E-state index contributed by atoms with van der Waals surface area (Å²) in [6, 6.07) is 8.32. The summed E-state index contributed by atoms with van der Waals surface area (Å²) in [7, 11) is 0. The molecule has 0 spiro atoms. The molecule has 0 radical (unpaired) electrons. The second kappa shape index (κ2) is 29.6. The molecule has 494 valence electrons. The molecule has 1 aromatic rings. The van der Waals surface area contributed by atoms with E-state index < -0.39 is 267 Å². The summed E-state index contributed by atoms with van der Waals surface area (Å²) >= 11 is 0. The SMILES string of the molecule is OC[C@H]1O[C@@H]2O[C@H]3[C@H](O)[C@@H](O)[C@@H](O[C@H]4[C@H](O)[C@@H](O)[C@@H](O[C@H]5[C@H](O)[C@@H](O)[C@@H](O[C@H]6[C@H](O)[C@@H](O)[C@@H](O[C@H]7[C@H](O)[C@@H](O)[C@@H](O[C@H]8[C@H](O)[C@@H](O)[C@@H](O[C@H]1[C@H](O)[C@H]2O)O[C@@H]8CO)O[C@@H]7CO)O[C@@H]6CO)O[C@@H]5CNCC(O)c1ccccc1)O[C@@H]4CO)O[C@@H]3CO. The van der Waals surface area contributed by atoms with E-state index in [0.29, 0.717) is 5.56 Å². The topological polar surface area (TPSA) is 566 Å². The maximum Gasteiger partial charge on any atom is 0.187 e. The fraction of sp³-hybridized carbons (Fsp3) is 0.880. The van der Waals surface area contributed by atoms with Gasteiger partial charge in [0.15, 0.2) is 44.0 Å². The molecule has 86 heavy (non-hydrogen) atoms. The van der Waals surface area contributed by atoms with Crippen molar-refractivity contribution in [2.75, 3.05) is 52.7 Å². The molecular weight excluding hydrogens is 1170 g/mol. The molecule has 22 N–H and O–H groups in total. The molecule has 36 nitrogen and oxygen atoms in total. The number of ether oxygens (including phenoxy) is 14. The Morgan fingerprint density at radius 2 is 0.477 bits per heavy atom. The number of aliphatic hydroxyl groups is 21. The molecule has 21 aliphatic heterocycles. The zero-order valence-corrected chi connectivity index (χ0v) is 45.4. The highest BCUT2D eigenvalue weighted by Crippen LogP contribution is 2.39. The van der Waals surface area contributed by atoms with Crippen molar-refractivity contribution in [3.8, 4) is 0 Å². The second-order valence-corrected chi connectivity index (χ2v) is 22.1. The van der Waals surface area contributed by atoms with Gasteiger partial charge in [0.1, 0.15) is 171 Å². The van der Waals surface area contributed by atoms with Crippen LogP contribution in [0.3, 0.4) is 0 Å². The molecule has 0 aliphatic carbocycles. The molecule has 0 saturated carbocycles. The minimum Gasteiger partial charge on any atom is -0.394 e. The average molecular weight is 1250 g/mol. The Morgan fingerprint density at radius 1 is 0.279 bits per heavy atom. The number of aliphatic hydroxyl groups excluding tert-OH is 21. The zero-order chi connectivity index (χ0) is 62.2. The number of rotatable bonds is 11. The van der Waals surface area contributed by atoms with Gasteiger partial charge in [-0.15, -0.1) is 0 Å². The standard InChI is InChI=1S/C50H79NO35/c52-8-17-38-25(61)32(68)46(75-17)83-40-19(10-54)77-48(34(70)27(40)63)85-42-21(12-56)79-50(36(72)29(42)65)86-43-22(13-57)78-49(35(71)28(43)64)84-41-20(11-55)76-47(33(69)26(41)62)82-39-18(9-53)74-45(31(67)24(39)60)80-37-16(73-44(81-38)30(66)23(37)59)7-51-6-15(58)14-4-2-1-3-5-14/h1-5,15-72H,6-13H2/t15?,16-,17-,18-,19-,20-,21-,22-,23-,24-,25-,26-,27-,28-,29-,30-,31-,32-,33-,34-,35-,36-,37-,38-,39-,40-,41-,42-,43-,44-,45-,46-,47-,48-,49-,50-/m1/s1. The maximum absolute atomic E-state index is 11.8. The van der Waals surface area contributed by atoms with E-state index in [-0.39, 0.29) is 6.54 Å². The van der Waals surface area contributed by atoms with Gasteiger partial charge in [-0.3, -0.25) is 0 Å². The highest BCUT2D eigenvalue weighted by molar-refractivity contribution is 5.17. The van der Waals surface area contributed by atoms with Crippen LogP contribution in [-0.4, -0.2) is 375 Å². The number of hydrogen-bond donors (Lipinski definition) is 22. The predicted molar refractivity (Wildman–Crippen MR) is 266 cm³/mol. The van der Waals surface area contributed by atoms with Crippen molar-refractivity contribution in [1.82, 2.24) is 5.32 Å². The van der Waals surface area contributed by atoms with E-state index in [1.807, 2.05) is 0 Å². The van der Waals surface area contributed by atoms with Crippen molar-refractivity contribution in [2.24, 2.45) is 0 Å². The Bertz CT molecular complexity index is 2210. The molecule has 21 fully saturated rings. The number of benzene rings is 1. The predicted octanol–water partition coefficient (Wildman–Crippen LogP) is -13.9. The lowest BCUT2D eigenvalue weighted by Gasteiger charge is -2.50. The van der Waals surface area contributed by atoms with Crippen LogP contribution in [0.1, 0.15) is 11.7 Å². The third-order valence-corrected chi connectivity index (χ3v) is 16.5. The first-order valence-electron chi connectivity index (χ1n) is 27.9. The van der Waals surface area contributed by atoms with E-state index in [0.717, 1.165) is 0 Å². The summed E-state index contributed by atoms with van der Waals surface area (Å²) < 4.78 is 81.2. The molecule has 36 atom stereocenters. The molecule has 21 aliphatic rings. The highest BCUT2D eigenvalue weighted by atomic mass is 16.8. The quantitative estimate of drug-likeness (QED) is 0.0978. The summed E-state index contributed by atoms with van der Waals surface area (Å²) in [6.45, 7) is -6.89. The number of hydrogen-bond acceptors (Lipinski definition) is 36. The van der Waals surface area contributed by atoms with Gasteiger partial charge in [-0.25, -0.2) is 0 Å². The summed E-state index contributed by atoms with van der Waals surface area (Å²) in [5, 5.41) is 237. The minimum atomic E-state index is -2.22. The van der Waals surface area contributed by atoms with Crippen LogP contribution in [0.15, 0.2) is 30.3 Å². The highest BCUT2D eigenvalue weighted by Gasteiger charge is 2.59. The lowest BCUT2D eigenvalue weighted by atomic mass is 9.95. The van der Waals surface area contributed by atoms with Gasteiger partial charge >= 0.3 is 0 Å². The summed E-state index contributed by atoms with van der Waals surface area (Å²) in [5.41, 5.74) is 0.478. The van der Waals surface area contributed by atoms with Crippen molar-refractivity contribution in [3.05, 3.63) is 35.9 Å². The molecule has 36 heteroatoms. The van der Waals surface area contributed by atoms with Gasteiger partial charge in [-0.1, -0.05) is 30.3 Å². The van der Waals surface area contributed by atoms with Gasteiger partial charge in [0, 0.05) is 13.1 Å². The zero-order valence-electron chi connectivity index (χ0n) is 45.4. The van der Waals surface area contributed by atoms with E-state index in [2.05, 4.69) is 5.32 Å². The Hall–Kier alpha value is -2.22. The van der Waals surface area contributed by atoms with E-state index >= 15 is 0 Å². The van der Waals surface area contributed by atoms with Gasteiger partial charge in [-0.05, 0) is 5.56 Å². The van der Waals surface area contributed by atoms with E-state index in [1.54, 1.807) is 30.3 Å². The van der Waals surface area contributed by atoms with Crippen LogP contribution in [-0.2, 0) is 66.3 Å². The molecule has 21 saturated heterocycles. The monoisotopic (exact) mass is 1250 g/mol. The first kappa shape index (κ1) is 68.2. The van der Waals surface area contributed by atoms with Gasteiger partial charge in [-0.2, -0.15) is 0 Å².